The molecule has 0 aliphatic rings. The molecule has 0 fully saturated rings. The van der Waals surface area contributed by atoms with Gasteiger partial charge in [0.1, 0.15) is 0 Å². The Morgan fingerprint density at radius 3 is 0.793 bits per heavy atom. The summed E-state index contributed by atoms with van der Waals surface area (Å²) in [7, 11) is 0. The number of rotatable bonds is 6. The van der Waals surface area contributed by atoms with Gasteiger partial charge in [-0.1, -0.05) is 0 Å². The molecule has 0 spiro atoms. The molecular formula is C24H23FeK2P2-. The van der Waals surface area contributed by atoms with Crippen LogP contribution < -0.4 is 21.2 Å². The second kappa shape index (κ2) is 14.6. The molecule has 0 saturated carbocycles. The van der Waals surface area contributed by atoms with E-state index in [4.69, 9.17) is 0 Å². The van der Waals surface area contributed by atoms with Crippen molar-refractivity contribution >= 4 is 137 Å². The van der Waals surface area contributed by atoms with Crippen LogP contribution in [0.2, 0.25) is 0 Å². The van der Waals surface area contributed by atoms with E-state index >= 15 is 0 Å². The Morgan fingerprint density at radius 2 is 0.586 bits per heavy atom. The molecule has 4 aromatic rings. The van der Waals surface area contributed by atoms with Gasteiger partial charge in [-0.15, -0.1) is 0 Å². The zero-order chi connectivity index (χ0) is 18.3. The Labute approximate surface area is 268 Å². The number of hydrogen-bond donors (Lipinski definition) is 0. The summed E-state index contributed by atoms with van der Waals surface area (Å²) >= 11 is 1.17. The van der Waals surface area contributed by atoms with E-state index in [2.05, 4.69) is 121 Å². The van der Waals surface area contributed by atoms with E-state index in [1.165, 1.54) is 35.3 Å². The van der Waals surface area contributed by atoms with Crippen molar-refractivity contribution in [3.05, 3.63) is 121 Å². The van der Waals surface area contributed by atoms with Crippen LogP contribution in [-0.4, -0.2) is 103 Å². The molecule has 0 heterocycles. The fourth-order valence-electron chi connectivity index (χ4n) is 2.75. The summed E-state index contributed by atoms with van der Waals surface area (Å²) in [6, 6.07) is 44.1. The second-order valence-electron chi connectivity index (χ2n) is 5.95. The molecule has 5 heteroatoms. The molecule has 0 aliphatic heterocycles. The Bertz CT molecular complexity index is 801. The monoisotopic (exact) mass is 507 g/mol. The van der Waals surface area contributed by atoms with Gasteiger partial charge >= 0.3 is 273 Å². The topological polar surface area (TPSA) is 0 Å². The van der Waals surface area contributed by atoms with Crippen molar-refractivity contribution in [1.82, 2.24) is 0 Å². The van der Waals surface area contributed by atoms with E-state index in [0.717, 1.165) is 0 Å². The third-order valence-electron chi connectivity index (χ3n) is 4.05. The third-order valence-corrected chi connectivity index (χ3v) is 15.5. The van der Waals surface area contributed by atoms with E-state index in [-0.39, 0.29) is 104 Å². The molecular weight excluding hydrogens is 484 g/mol. The first-order valence-electron chi connectivity index (χ1n) is 8.85. The van der Waals surface area contributed by atoms with Crippen LogP contribution in [0.3, 0.4) is 0 Å². The fourth-order valence-corrected chi connectivity index (χ4v) is 15.5. The SMILES string of the molecule is [H-].[KH].[KH].c1ccc([P]([Fe][P](c2ccccc2)c2ccccc2)c2ccccc2)cc1. The van der Waals surface area contributed by atoms with Crippen molar-refractivity contribution in [2.24, 2.45) is 0 Å². The molecule has 0 N–H and O–H groups in total. The van der Waals surface area contributed by atoms with E-state index in [1.807, 2.05) is 0 Å². The molecule has 0 saturated heterocycles. The Morgan fingerprint density at radius 1 is 0.379 bits per heavy atom. The molecule has 0 bridgehead atoms. The van der Waals surface area contributed by atoms with E-state index < -0.39 is 13.2 Å². The van der Waals surface area contributed by atoms with Gasteiger partial charge in [-0.25, -0.2) is 0 Å². The molecule has 0 aliphatic carbocycles. The van der Waals surface area contributed by atoms with Crippen molar-refractivity contribution in [1.29, 1.82) is 0 Å². The van der Waals surface area contributed by atoms with Crippen LogP contribution in [0.1, 0.15) is 1.43 Å². The van der Waals surface area contributed by atoms with Gasteiger partial charge in [-0.3, -0.25) is 0 Å². The first-order valence-corrected chi connectivity index (χ1v) is 14.2. The van der Waals surface area contributed by atoms with Crippen molar-refractivity contribution in [2.75, 3.05) is 0 Å². The van der Waals surface area contributed by atoms with Gasteiger partial charge in [-0.2, -0.15) is 0 Å². The minimum atomic E-state index is -0.409. The van der Waals surface area contributed by atoms with Crippen molar-refractivity contribution in [3.8, 4) is 0 Å². The maximum atomic E-state index is 2.29. The van der Waals surface area contributed by atoms with Gasteiger partial charge in [0.15, 0.2) is 0 Å². The third kappa shape index (κ3) is 7.81. The standard InChI is InChI=1S/2C12H10P.Fe.2K.3H/c2*1-3-7-11(8-4-1)13-12-9-5-2-6-10-12;;;;;;/h2*1-10H;;;;;;/q2*-1;+2;;;;;-1. The van der Waals surface area contributed by atoms with Crippen molar-refractivity contribution in [3.63, 3.8) is 0 Å². The van der Waals surface area contributed by atoms with Crippen LogP contribution in [0.4, 0.5) is 0 Å². The predicted molar refractivity (Wildman–Crippen MR) is 134 cm³/mol. The molecule has 0 amide bonds. The Balaban J connectivity index is 0.00000150. The molecule has 4 rings (SSSR count). The van der Waals surface area contributed by atoms with Crippen LogP contribution >= 0.6 is 13.2 Å². The number of benzene rings is 4. The van der Waals surface area contributed by atoms with Crippen LogP contribution in [-0.2, 0) is 14.1 Å². The summed E-state index contributed by atoms with van der Waals surface area (Å²) in [4.78, 5) is 0. The van der Waals surface area contributed by atoms with Gasteiger partial charge < -0.3 is 1.43 Å². The van der Waals surface area contributed by atoms with Gasteiger partial charge in [0.25, 0.3) is 0 Å². The van der Waals surface area contributed by atoms with E-state index in [9.17, 15) is 0 Å². The average molecular weight is 507 g/mol. The van der Waals surface area contributed by atoms with Crippen molar-refractivity contribution < 1.29 is 15.5 Å². The summed E-state index contributed by atoms with van der Waals surface area (Å²) < 4.78 is 0. The summed E-state index contributed by atoms with van der Waals surface area (Å²) in [6.45, 7) is -0.817. The predicted octanol–water partition coefficient (Wildman–Crippen LogP) is 3.98. The Kier molecular flexibility index (Phi) is 13.5. The van der Waals surface area contributed by atoms with Crippen LogP contribution in [0.5, 0.6) is 0 Å². The first-order chi connectivity index (χ1) is 13.4. The van der Waals surface area contributed by atoms with Gasteiger partial charge in [0, 0.05) is 0 Å². The molecule has 140 valence electrons. The van der Waals surface area contributed by atoms with Gasteiger partial charge in [-0.05, 0) is 0 Å². The zero-order valence-corrected chi connectivity index (χ0v) is 17.7. The second-order valence-corrected chi connectivity index (χ2v) is 14.6. The minimum absolute atomic E-state index is 0. The molecule has 0 unspecified atom stereocenters. The first kappa shape index (κ1) is 26.8. The van der Waals surface area contributed by atoms with E-state index in [1.54, 1.807) is 0 Å². The van der Waals surface area contributed by atoms with Crippen LogP contribution in [0.25, 0.3) is 0 Å². The van der Waals surface area contributed by atoms with E-state index in [0.29, 0.717) is 0 Å². The molecule has 29 heavy (non-hydrogen) atoms. The normalized spacial score (nSPS) is 10.4. The summed E-state index contributed by atoms with van der Waals surface area (Å²) in [5.74, 6) is 0. The Hall–Kier alpha value is 1.53. The average Bonchev–Trinajstić information content (AvgIpc) is 2.77. The molecule has 0 aromatic heterocycles. The maximum absolute atomic E-state index is 2.29. The van der Waals surface area contributed by atoms with Crippen molar-refractivity contribution in [2.45, 2.75) is 0 Å². The summed E-state index contributed by atoms with van der Waals surface area (Å²) in [6.07, 6.45) is 0. The quantitative estimate of drug-likeness (QED) is 0.274. The fraction of sp³-hybridized carbons (Fsp3) is 0. The molecule has 0 nitrogen and oxygen atoms in total. The molecule has 0 atom stereocenters. The molecule has 4 aromatic carbocycles. The van der Waals surface area contributed by atoms with Crippen LogP contribution in [0, 0.1) is 0 Å². The van der Waals surface area contributed by atoms with Gasteiger partial charge in [0.05, 0.1) is 0 Å². The number of hydrogen-bond acceptors (Lipinski definition) is 0. The zero-order valence-electron chi connectivity index (χ0n) is 15.8. The van der Waals surface area contributed by atoms with Gasteiger partial charge in [0.2, 0.25) is 0 Å². The molecule has 0 radical (unpaired) electrons. The van der Waals surface area contributed by atoms with Crippen LogP contribution in [0.15, 0.2) is 121 Å². The summed E-state index contributed by atoms with van der Waals surface area (Å²) in [5.41, 5.74) is 0. The summed E-state index contributed by atoms with van der Waals surface area (Å²) in [5, 5.41) is 5.83.